The molecule has 0 heterocycles. The first-order valence-electron chi connectivity index (χ1n) is 2.84. The van der Waals surface area contributed by atoms with E-state index >= 15 is 0 Å². The molecule has 0 unspecified atom stereocenters. The normalized spacial score (nSPS) is 12.9. The van der Waals surface area contributed by atoms with Gasteiger partial charge in [0.05, 0.1) is 10.8 Å². The van der Waals surface area contributed by atoms with Crippen LogP contribution in [0.4, 0.5) is 4.39 Å². The van der Waals surface area contributed by atoms with E-state index in [-0.39, 0.29) is 0 Å². The Kier molecular flexibility index (Phi) is 2.57. The van der Waals surface area contributed by atoms with E-state index < -0.39 is 16.8 Å². The molecule has 0 aliphatic heterocycles. The first-order valence-corrected chi connectivity index (χ1v) is 4.16. The Morgan fingerprint density at radius 2 is 1.90 bits per heavy atom. The Bertz CT molecular complexity index is 222. The minimum Gasteiger partial charge on any atom is -0.252 e. The van der Waals surface area contributed by atoms with Gasteiger partial charge in [0.1, 0.15) is 0 Å². The highest BCUT2D eigenvalue weighted by atomic mass is 32.2. The zero-order valence-electron chi connectivity index (χ0n) is 5.29. The van der Waals surface area contributed by atoms with E-state index in [1.54, 1.807) is 30.3 Å². The van der Waals surface area contributed by atoms with Crippen molar-refractivity contribution in [2.75, 3.05) is 6.01 Å². The Hall–Kier alpha value is -0.700. The molecule has 0 aliphatic rings. The molecule has 10 heavy (non-hydrogen) atoms. The molecule has 0 aliphatic carbocycles. The molecule has 0 saturated carbocycles. The summed E-state index contributed by atoms with van der Waals surface area (Å²) in [4.78, 5) is 0.546. The van der Waals surface area contributed by atoms with Crippen LogP contribution >= 0.6 is 0 Å². The zero-order valence-corrected chi connectivity index (χ0v) is 6.10. The molecule has 0 saturated heterocycles. The average molecular weight is 158 g/mol. The van der Waals surface area contributed by atoms with Gasteiger partial charge in [-0.2, -0.15) is 0 Å². The Balaban J connectivity index is 2.85. The summed E-state index contributed by atoms with van der Waals surface area (Å²) in [7, 11) is -1.46. The van der Waals surface area contributed by atoms with Crippen molar-refractivity contribution in [3.8, 4) is 0 Å². The van der Waals surface area contributed by atoms with Crippen LogP contribution in [0.1, 0.15) is 0 Å². The minimum absolute atomic E-state index is 0.546. The molecule has 0 spiro atoms. The Labute approximate surface area is 61.3 Å². The number of halogens is 1. The van der Waals surface area contributed by atoms with Gasteiger partial charge >= 0.3 is 0 Å². The molecule has 3 heteroatoms. The van der Waals surface area contributed by atoms with Crippen molar-refractivity contribution in [3.63, 3.8) is 0 Å². The predicted octanol–water partition coefficient (Wildman–Crippen LogP) is 1.72. The molecule has 0 radical (unpaired) electrons. The van der Waals surface area contributed by atoms with Gasteiger partial charge in [0.2, 0.25) is 0 Å². The molecule has 0 fully saturated rings. The van der Waals surface area contributed by atoms with Crippen LogP contribution in [-0.4, -0.2) is 10.2 Å². The maximum atomic E-state index is 11.8. The lowest BCUT2D eigenvalue weighted by atomic mass is 10.4. The van der Waals surface area contributed by atoms with Crippen LogP contribution in [0.5, 0.6) is 0 Å². The largest absolute Gasteiger partial charge is 0.252 e. The molecule has 1 nitrogen and oxygen atoms in total. The summed E-state index contributed by atoms with van der Waals surface area (Å²) < 4.78 is 22.5. The molecule has 0 aromatic heterocycles. The lowest BCUT2D eigenvalue weighted by Crippen LogP contribution is -1.90. The van der Waals surface area contributed by atoms with Crippen molar-refractivity contribution in [1.29, 1.82) is 0 Å². The van der Waals surface area contributed by atoms with Crippen LogP contribution in [0.3, 0.4) is 0 Å². The summed E-state index contributed by atoms with van der Waals surface area (Å²) >= 11 is 0. The third-order valence-electron chi connectivity index (χ3n) is 1.11. The van der Waals surface area contributed by atoms with Crippen molar-refractivity contribution in [3.05, 3.63) is 30.3 Å². The number of benzene rings is 1. The van der Waals surface area contributed by atoms with Gasteiger partial charge in [-0.25, -0.2) is 4.39 Å². The Morgan fingerprint density at radius 3 is 2.40 bits per heavy atom. The van der Waals surface area contributed by atoms with E-state index in [1.807, 2.05) is 0 Å². The van der Waals surface area contributed by atoms with E-state index in [0.717, 1.165) is 0 Å². The van der Waals surface area contributed by atoms with Gasteiger partial charge in [0, 0.05) is 4.90 Å². The van der Waals surface area contributed by atoms with Gasteiger partial charge in [-0.15, -0.1) is 0 Å². The fourth-order valence-corrected chi connectivity index (χ4v) is 1.22. The summed E-state index contributed by atoms with van der Waals surface area (Å²) in [6, 6.07) is 7.78. The van der Waals surface area contributed by atoms with Crippen LogP contribution in [-0.2, 0) is 10.8 Å². The highest BCUT2D eigenvalue weighted by Crippen LogP contribution is 2.04. The van der Waals surface area contributed by atoms with E-state index in [0.29, 0.717) is 4.90 Å². The van der Waals surface area contributed by atoms with Gasteiger partial charge in [0.25, 0.3) is 0 Å². The molecule has 0 amide bonds. The molecule has 1 atom stereocenters. The van der Waals surface area contributed by atoms with Gasteiger partial charge in [-0.1, -0.05) is 18.2 Å². The van der Waals surface area contributed by atoms with Crippen LogP contribution in [0.15, 0.2) is 35.2 Å². The molecule has 1 aromatic rings. The van der Waals surface area contributed by atoms with Gasteiger partial charge in [0.15, 0.2) is 6.01 Å². The molecule has 1 aromatic carbocycles. The minimum atomic E-state index is -1.46. The monoisotopic (exact) mass is 158 g/mol. The molecular formula is C7H7FOS. The first kappa shape index (κ1) is 7.41. The summed E-state index contributed by atoms with van der Waals surface area (Å²) in [5.41, 5.74) is 0. The molecule has 0 N–H and O–H groups in total. The van der Waals surface area contributed by atoms with Crippen molar-refractivity contribution in [2.24, 2.45) is 0 Å². The summed E-state index contributed by atoms with van der Waals surface area (Å²) in [6.07, 6.45) is 0. The smallest absolute Gasteiger partial charge is 0.169 e. The van der Waals surface area contributed by atoms with E-state index in [4.69, 9.17) is 0 Å². The summed E-state index contributed by atoms with van der Waals surface area (Å²) in [6.45, 7) is 0. The SMILES string of the molecule is O=[S@](CF)c1ccccc1. The quantitative estimate of drug-likeness (QED) is 0.640. The van der Waals surface area contributed by atoms with Crippen molar-refractivity contribution in [1.82, 2.24) is 0 Å². The molecule has 1 rings (SSSR count). The van der Waals surface area contributed by atoms with E-state index in [9.17, 15) is 8.60 Å². The summed E-state index contributed by atoms with van der Waals surface area (Å²) in [5, 5.41) is 0. The highest BCUT2D eigenvalue weighted by Gasteiger charge is 1.98. The number of hydrogen-bond donors (Lipinski definition) is 0. The highest BCUT2D eigenvalue weighted by molar-refractivity contribution is 7.84. The van der Waals surface area contributed by atoms with E-state index in [2.05, 4.69) is 0 Å². The zero-order chi connectivity index (χ0) is 7.40. The first-order chi connectivity index (χ1) is 4.84. The third kappa shape index (κ3) is 1.64. The lowest BCUT2D eigenvalue weighted by Gasteiger charge is -1.93. The van der Waals surface area contributed by atoms with Crippen molar-refractivity contribution >= 4 is 10.8 Å². The maximum absolute atomic E-state index is 11.8. The van der Waals surface area contributed by atoms with Crippen molar-refractivity contribution in [2.45, 2.75) is 4.90 Å². The van der Waals surface area contributed by atoms with Crippen LogP contribution in [0.2, 0.25) is 0 Å². The van der Waals surface area contributed by atoms with Crippen LogP contribution < -0.4 is 0 Å². The maximum Gasteiger partial charge on any atom is 0.169 e. The van der Waals surface area contributed by atoms with Gasteiger partial charge in [-0.05, 0) is 12.1 Å². The average Bonchev–Trinajstić information content (AvgIpc) is 2.05. The van der Waals surface area contributed by atoms with E-state index in [1.165, 1.54) is 0 Å². The fourth-order valence-electron chi connectivity index (χ4n) is 0.635. The number of alkyl halides is 1. The Morgan fingerprint density at radius 1 is 1.30 bits per heavy atom. The third-order valence-corrected chi connectivity index (χ3v) is 2.10. The second kappa shape index (κ2) is 3.46. The topological polar surface area (TPSA) is 17.1 Å². The predicted molar refractivity (Wildman–Crippen MR) is 38.8 cm³/mol. The fraction of sp³-hybridized carbons (Fsp3) is 0.143. The van der Waals surface area contributed by atoms with Crippen LogP contribution in [0, 0.1) is 0 Å². The molecule has 0 bridgehead atoms. The molecular weight excluding hydrogens is 151 g/mol. The van der Waals surface area contributed by atoms with Gasteiger partial charge in [-0.3, -0.25) is 4.21 Å². The number of rotatable bonds is 2. The molecule has 54 valence electrons. The van der Waals surface area contributed by atoms with Gasteiger partial charge < -0.3 is 0 Å². The van der Waals surface area contributed by atoms with Crippen molar-refractivity contribution < 1.29 is 8.60 Å². The lowest BCUT2D eigenvalue weighted by molar-refractivity contribution is 0.580. The standard InChI is InChI=1S/C7H7FOS/c8-6-10(9)7-4-2-1-3-5-7/h1-5H,6H2/t10-/m1/s1. The summed E-state index contributed by atoms with van der Waals surface area (Å²) in [5.74, 6) is 0. The second-order valence-electron chi connectivity index (χ2n) is 1.77. The number of hydrogen-bond acceptors (Lipinski definition) is 1. The van der Waals surface area contributed by atoms with Crippen LogP contribution in [0.25, 0.3) is 0 Å². The second-order valence-corrected chi connectivity index (χ2v) is 3.15.